The van der Waals surface area contributed by atoms with Gasteiger partial charge in [-0.25, -0.2) is 4.98 Å². The van der Waals surface area contributed by atoms with Crippen LogP contribution < -0.4 is 14.8 Å². The van der Waals surface area contributed by atoms with Crippen molar-refractivity contribution in [3.05, 3.63) is 40.3 Å². The van der Waals surface area contributed by atoms with E-state index in [1.807, 2.05) is 29.8 Å². The second-order valence-electron chi connectivity index (χ2n) is 4.58. The van der Waals surface area contributed by atoms with E-state index in [0.29, 0.717) is 5.92 Å². The fourth-order valence-corrected chi connectivity index (χ4v) is 2.68. The largest absolute Gasteiger partial charge is 0.497 e. The van der Waals surface area contributed by atoms with Crippen LogP contribution in [0.4, 0.5) is 0 Å². The van der Waals surface area contributed by atoms with E-state index >= 15 is 0 Å². The zero-order valence-corrected chi connectivity index (χ0v) is 12.9. The molecule has 2 aromatic rings. The van der Waals surface area contributed by atoms with Crippen LogP contribution in [0.15, 0.2) is 29.8 Å². The molecule has 1 N–H and O–H groups in total. The Morgan fingerprint density at radius 1 is 1.30 bits per heavy atom. The van der Waals surface area contributed by atoms with E-state index in [9.17, 15) is 0 Å². The van der Waals surface area contributed by atoms with Crippen LogP contribution in [0.25, 0.3) is 0 Å². The molecule has 1 aromatic carbocycles. The number of aromatic nitrogens is 1. The molecule has 0 amide bonds. The van der Waals surface area contributed by atoms with Gasteiger partial charge in [0, 0.05) is 42.2 Å². The Hall–Kier alpha value is -1.59. The summed E-state index contributed by atoms with van der Waals surface area (Å²) in [4.78, 5) is 4.34. The number of thiazole rings is 1. The molecule has 1 atom stereocenters. The summed E-state index contributed by atoms with van der Waals surface area (Å²) in [5.74, 6) is 2.07. The molecule has 1 unspecified atom stereocenters. The van der Waals surface area contributed by atoms with Crippen molar-refractivity contribution >= 4 is 11.3 Å². The minimum absolute atomic E-state index is 0.416. The van der Waals surface area contributed by atoms with Crippen LogP contribution in [-0.4, -0.2) is 25.7 Å². The van der Waals surface area contributed by atoms with E-state index in [1.54, 1.807) is 25.6 Å². The number of methoxy groups -OCH3 is 2. The number of nitrogens with one attached hydrogen (secondary N) is 1. The molecule has 1 aromatic heterocycles. The highest BCUT2D eigenvalue weighted by atomic mass is 32.1. The molecule has 0 aliphatic rings. The van der Waals surface area contributed by atoms with Crippen LogP contribution in [0.5, 0.6) is 11.5 Å². The van der Waals surface area contributed by atoms with E-state index in [4.69, 9.17) is 9.47 Å². The Bertz CT molecular complexity index is 529. The normalized spacial score (nSPS) is 12.2. The molecule has 108 valence electrons. The summed E-state index contributed by atoms with van der Waals surface area (Å²) in [5.41, 5.74) is 1.12. The summed E-state index contributed by atoms with van der Waals surface area (Å²) in [6, 6.07) is 5.88. The lowest BCUT2D eigenvalue weighted by Gasteiger charge is -2.13. The predicted molar refractivity (Wildman–Crippen MR) is 81.8 cm³/mol. The first-order chi connectivity index (χ1) is 9.74. The van der Waals surface area contributed by atoms with Crippen LogP contribution >= 0.6 is 11.3 Å². The molecule has 2 rings (SSSR count). The molecule has 0 aliphatic carbocycles. The van der Waals surface area contributed by atoms with Crippen molar-refractivity contribution in [1.29, 1.82) is 0 Å². The van der Waals surface area contributed by atoms with Gasteiger partial charge in [-0.05, 0) is 6.07 Å². The molecule has 5 heteroatoms. The number of ether oxygens (including phenoxy) is 2. The Kier molecular flexibility index (Phi) is 5.38. The molecule has 0 fully saturated rings. The molecule has 0 radical (unpaired) electrons. The minimum atomic E-state index is 0.416. The van der Waals surface area contributed by atoms with Gasteiger partial charge in [-0.2, -0.15) is 0 Å². The van der Waals surface area contributed by atoms with Gasteiger partial charge < -0.3 is 14.8 Å². The molecule has 1 heterocycles. The smallest absolute Gasteiger partial charge is 0.127 e. The summed E-state index contributed by atoms with van der Waals surface area (Å²) in [5, 5.41) is 6.63. The molecule has 4 nitrogen and oxygen atoms in total. The molecule has 20 heavy (non-hydrogen) atoms. The summed E-state index contributed by atoms with van der Waals surface area (Å²) in [6.45, 7) is 3.84. The van der Waals surface area contributed by atoms with Crippen LogP contribution in [0.3, 0.4) is 0 Å². The molecule has 0 saturated carbocycles. The van der Waals surface area contributed by atoms with Gasteiger partial charge in [0.2, 0.25) is 0 Å². The van der Waals surface area contributed by atoms with Gasteiger partial charge in [0.15, 0.2) is 0 Å². The lowest BCUT2D eigenvalue weighted by atomic mass is 10.1. The topological polar surface area (TPSA) is 43.4 Å². The van der Waals surface area contributed by atoms with Crippen molar-refractivity contribution in [2.45, 2.75) is 19.4 Å². The first-order valence-electron chi connectivity index (χ1n) is 6.55. The van der Waals surface area contributed by atoms with Crippen LogP contribution in [-0.2, 0) is 6.54 Å². The third-order valence-corrected chi connectivity index (χ3v) is 4.14. The van der Waals surface area contributed by atoms with Crippen molar-refractivity contribution in [1.82, 2.24) is 10.3 Å². The van der Waals surface area contributed by atoms with E-state index in [0.717, 1.165) is 30.2 Å². The number of hydrogen-bond acceptors (Lipinski definition) is 5. The van der Waals surface area contributed by atoms with Crippen molar-refractivity contribution in [2.75, 3.05) is 20.8 Å². The second-order valence-corrected chi connectivity index (χ2v) is 5.51. The van der Waals surface area contributed by atoms with Gasteiger partial charge in [0.1, 0.15) is 11.5 Å². The monoisotopic (exact) mass is 292 g/mol. The van der Waals surface area contributed by atoms with Gasteiger partial charge in [0.25, 0.3) is 0 Å². The second kappa shape index (κ2) is 7.26. The van der Waals surface area contributed by atoms with Gasteiger partial charge in [-0.15, -0.1) is 11.3 Å². The highest BCUT2D eigenvalue weighted by Crippen LogP contribution is 2.24. The average molecular weight is 292 g/mol. The maximum Gasteiger partial charge on any atom is 0.127 e. The third-order valence-electron chi connectivity index (χ3n) is 3.13. The average Bonchev–Trinajstić information content (AvgIpc) is 3.01. The number of benzene rings is 1. The number of nitrogens with zero attached hydrogens (tertiary/aromatic N) is 1. The first-order valence-corrected chi connectivity index (χ1v) is 7.43. The highest BCUT2D eigenvalue weighted by Gasteiger charge is 2.09. The third kappa shape index (κ3) is 3.71. The van der Waals surface area contributed by atoms with Crippen molar-refractivity contribution in [2.24, 2.45) is 0 Å². The number of hydrogen-bond donors (Lipinski definition) is 1. The Morgan fingerprint density at radius 2 is 2.15 bits per heavy atom. The zero-order chi connectivity index (χ0) is 14.4. The molecule has 0 bridgehead atoms. The quantitative estimate of drug-likeness (QED) is 0.852. The van der Waals surface area contributed by atoms with E-state index in [2.05, 4.69) is 17.2 Å². The van der Waals surface area contributed by atoms with E-state index in [-0.39, 0.29) is 0 Å². The van der Waals surface area contributed by atoms with Gasteiger partial charge in [0.05, 0.1) is 19.2 Å². The fraction of sp³-hybridized carbons (Fsp3) is 0.400. The van der Waals surface area contributed by atoms with Crippen LogP contribution in [0.2, 0.25) is 0 Å². The summed E-state index contributed by atoms with van der Waals surface area (Å²) >= 11 is 1.70. The van der Waals surface area contributed by atoms with Crippen LogP contribution in [0.1, 0.15) is 23.4 Å². The van der Waals surface area contributed by atoms with Gasteiger partial charge in [-0.3, -0.25) is 0 Å². The lowest BCUT2D eigenvalue weighted by molar-refractivity contribution is 0.389. The highest BCUT2D eigenvalue weighted by molar-refractivity contribution is 7.09. The van der Waals surface area contributed by atoms with E-state index in [1.165, 1.54) is 5.01 Å². The van der Waals surface area contributed by atoms with Gasteiger partial charge >= 0.3 is 0 Å². The molecule has 0 aliphatic heterocycles. The zero-order valence-electron chi connectivity index (χ0n) is 12.1. The molecule has 0 spiro atoms. The molecule has 0 saturated heterocycles. The lowest BCUT2D eigenvalue weighted by Crippen LogP contribution is -2.19. The van der Waals surface area contributed by atoms with Crippen molar-refractivity contribution in [3.8, 4) is 11.5 Å². The van der Waals surface area contributed by atoms with Crippen molar-refractivity contribution in [3.63, 3.8) is 0 Å². The molecular weight excluding hydrogens is 272 g/mol. The Balaban J connectivity index is 1.90. The minimum Gasteiger partial charge on any atom is -0.497 e. The van der Waals surface area contributed by atoms with Crippen LogP contribution in [0, 0.1) is 0 Å². The maximum absolute atomic E-state index is 5.39. The summed E-state index contributed by atoms with van der Waals surface area (Å²) < 4.78 is 10.6. The Morgan fingerprint density at radius 3 is 2.80 bits per heavy atom. The fourth-order valence-electron chi connectivity index (χ4n) is 1.99. The SMILES string of the molecule is COc1ccc(CNCC(C)c2nccs2)c(OC)c1. The standard InChI is InChI=1S/C15H20N2O2S/c1-11(15-17-6-7-20-15)9-16-10-12-4-5-13(18-2)8-14(12)19-3/h4-8,11,16H,9-10H2,1-3H3. The summed E-state index contributed by atoms with van der Waals surface area (Å²) in [7, 11) is 3.33. The van der Waals surface area contributed by atoms with E-state index < -0.39 is 0 Å². The summed E-state index contributed by atoms with van der Waals surface area (Å²) in [6.07, 6.45) is 1.85. The predicted octanol–water partition coefficient (Wildman–Crippen LogP) is 3.05. The first kappa shape index (κ1) is 14.8. The Labute approximate surface area is 123 Å². The van der Waals surface area contributed by atoms with Gasteiger partial charge in [-0.1, -0.05) is 13.0 Å². The maximum atomic E-state index is 5.39. The molecular formula is C15H20N2O2S. The number of rotatable bonds is 7. The van der Waals surface area contributed by atoms with Crippen molar-refractivity contribution < 1.29 is 9.47 Å².